The number of likely N-dealkylation sites (tertiary alicyclic amines) is 1. The van der Waals surface area contributed by atoms with Crippen molar-refractivity contribution < 1.29 is 14.3 Å². The Kier molecular flexibility index (Phi) is 4.62. The van der Waals surface area contributed by atoms with E-state index in [9.17, 15) is 9.59 Å². The molecule has 2 saturated carbocycles. The third-order valence-electron chi connectivity index (χ3n) is 7.22. The molecule has 0 unspecified atom stereocenters. The number of ether oxygens (including phenoxy) is 1. The van der Waals surface area contributed by atoms with Crippen molar-refractivity contribution in [1.82, 2.24) is 15.2 Å². The number of H-pyrrole nitrogens is 1. The molecule has 3 aliphatic rings. The van der Waals surface area contributed by atoms with Gasteiger partial charge in [0.1, 0.15) is 0 Å². The molecule has 3 atom stereocenters. The van der Waals surface area contributed by atoms with Gasteiger partial charge in [-0.1, -0.05) is 18.2 Å². The highest BCUT2D eigenvalue weighted by atomic mass is 16.5. The molecule has 1 aromatic carbocycles. The molecule has 2 aliphatic carbocycles. The van der Waals surface area contributed by atoms with Gasteiger partial charge < -0.3 is 19.9 Å². The van der Waals surface area contributed by atoms with Crippen LogP contribution in [-0.2, 0) is 20.7 Å². The van der Waals surface area contributed by atoms with Gasteiger partial charge in [-0.15, -0.1) is 0 Å². The van der Waals surface area contributed by atoms with Crippen LogP contribution in [0.15, 0.2) is 30.5 Å². The van der Waals surface area contributed by atoms with Crippen LogP contribution in [0.1, 0.15) is 44.1 Å². The summed E-state index contributed by atoms with van der Waals surface area (Å²) in [6.45, 7) is 0.725. The predicted octanol–water partition coefficient (Wildman–Crippen LogP) is 2.78. The van der Waals surface area contributed by atoms with Crippen molar-refractivity contribution in [2.24, 2.45) is 5.92 Å². The standard InChI is InChI=1S/C23H29N3O3/c1-29-23-9-8-17(25-22(28)15-6-7-15)13-20(23)26(11-10-23)21(27)12-16-14-24-19-5-3-2-4-18(16)19/h2-5,14-15,17,20,24H,6-13H2,1H3,(H,25,28)/t17-,20+,23-/m1/s1. The summed E-state index contributed by atoms with van der Waals surface area (Å²) < 4.78 is 5.99. The zero-order valence-corrected chi connectivity index (χ0v) is 16.9. The van der Waals surface area contributed by atoms with Gasteiger partial charge in [-0.25, -0.2) is 0 Å². The molecule has 2 N–H and O–H groups in total. The molecule has 3 fully saturated rings. The average Bonchev–Trinajstić information content (AvgIpc) is 3.42. The van der Waals surface area contributed by atoms with Crippen LogP contribution in [0.5, 0.6) is 0 Å². The van der Waals surface area contributed by atoms with E-state index in [0.29, 0.717) is 6.42 Å². The van der Waals surface area contributed by atoms with Crippen LogP contribution in [-0.4, -0.2) is 53.0 Å². The maximum Gasteiger partial charge on any atom is 0.227 e. The number of hydrogen-bond acceptors (Lipinski definition) is 3. The van der Waals surface area contributed by atoms with E-state index in [1.807, 2.05) is 29.3 Å². The number of nitrogens with zero attached hydrogens (tertiary/aromatic N) is 1. The lowest BCUT2D eigenvalue weighted by Crippen LogP contribution is -2.56. The number of para-hydroxylation sites is 1. The van der Waals surface area contributed by atoms with Gasteiger partial charge in [0.2, 0.25) is 11.8 Å². The first-order valence-corrected chi connectivity index (χ1v) is 10.8. The number of aromatic amines is 1. The maximum absolute atomic E-state index is 13.3. The van der Waals surface area contributed by atoms with Crippen LogP contribution in [0.4, 0.5) is 0 Å². The number of aromatic nitrogens is 1. The molecular weight excluding hydrogens is 366 g/mol. The maximum atomic E-state index is 13.3. The van der Waals surface area contributed by atoms with Crippen LogP contribution in [0.25, 0.3) is 10.9 Å². The fourth-order valence-electron chi connectivity index (χ4n) is 5.33. The van der Waals surface area contributed by atoms with E-state index in [1.165, 1.54) is 0 Å². The van der Waals surface area contributed by atoms with Gasteiger partial charge in [0, 0.05) is 42.7 Å². The third-order valence-corrected chi connectivity index (χ3v) is 7.22. The second kappa shape index (κ2) is 7.17. The number of hydrogen-bond donors (Lipinski definition) is 2. The summed E-state index contributed by atoms with van der Waals surface area (Å²) in [7, 11) is 1.77. The molecule has 0 bridgehead atoms. The molecule has 0 radical (unpaired) electrons. The molecule has 6 nitrogen and oxygen atoms in total. The number of nitrogens with one attached hydrogen (secondary N) is 2. The highest BCUT2D eigenvalue weighted by molar-refractivity contribution is 5.89. The topological polar surface area (TPSA) is 74.4 Å². The Morgan fingerprint density at radius 3 is 2.86 bits per heavy atom. The molecule has 5 rings (SSSR count). The van der Waals surface area contributed by atoms with Crippen molar-refractivity contribution >= 4 is 22.7 Å². The van der Waals surface area contributed by atoms with Crippen molar-refractivity contribution in [3.05, 3.63) is 36.0 Å². The van der Waals surface area contributed by atoms with Crippen LogP contribution >= 0.6 is 0 Å². The fourth-order valence-corrected chi connectivity index (χ4v) is 5.33. The molecule has 6 heteroatoms. The first kappa shape index (κ1) is 18.7. The number of benzene rings is 1. The largest absolute Gasteiger partial charge is 0.376 e. The molecule has 154 valence electrons. The van der Waals surface area contributed by atoms with Crippen molar-refractivity contribution in [3.8, 4) is 0 Å². The summed E-state index contributed by atoms with van der Waals surface area (Å²) in [5.41, 5.74) is 1.83. The van der Waals surface area contributed by atoms with E-state index in [4.69, 9.17) is 4.74 Å². The summed E-state index contributed by atoms with van der Waals surface area (Å²) >= 11 is 0. The summed E-state index contributed by atoms with van der Waals surface area (Å²) in [5, 5.41) is 4.33. The van der Waals surface area contributed by atoms with Gasteiger partial charge in [-0.05, 0) is 50.2 Å². The van der Waals surface area contributed by atoms with Gasteiger partial charge in [0.15, 0.2) is 0 Å². The van der Waals surface area contributed by atoms with E-state index >= 15 is 0 Å². The molecule has 2 heterocycles. The number of amides is 2. The number of fused-ring (bicyclic) bond motifs is 2. The lowest BCUT2D eigenvalue weighted by Gasteiger charge is -2.43. The Labute approximate surface area is 171 Å². The van der Waals surface area contributed by atoms with Gasteiger partial charge >= 0.3 is 0 Å². The molecule has 2 amide bonds. The molecule has 1 aliphatic heterocycles. The second-order valence-electron chi connectivity index (χ2n) is 8.91. The normalized spacial score (nSPS) is 29.1. The minimum atomic E-state index is -0.267. The zero-order valence-electron chi connectivity index (χ0n) is 16.9. The highest BCUT2D eigenvalue weighted by Crippen LogP contribution is 2.43. The van der Waals surface area contributed by atoms with E-state index < -0.39 is 0 Å². The Hall–Kier alpha value is -2.34. The van der Waals surface area contributed by atoms with Gasteiger partial charge in [0.05, 0.1) is 18.1 Å². The Morgan fingerprint density at radius 2 is 2.07 bits per heavy atom. The van der Waals surface area contributed by atoms with Gasteiger partial charge in [0.25, 0.3) is 0 Å². The van der Waals surface area contributed by atoms with Gasteiger partial charge in [-0.3, -0.25) is 9.59 Å². The fraction of sp³-hybridized carbons (Fsp3) is 0.565. The number of methoxy groups -OCH3 is 1. The van der Waals surface area contributed by atoms with Crippen molar-refractivity contribution in [2.75, 3.05) is 13.7 Å². The smallest absolute Gasteiger partial charge is 0.227 e. The first-order valence-electron chi connectivity index (χ1n) is 10.8. The molecule has 1 saturated heterocycles. The van der Waals surface area contributed by atoms with E-state index in [2.05, 4.69) is 16.4 Å². The van der Waals surface area contributed by atoms with Gasteiger partial charge in [-0.2, -0.15) is 0 Å². The van der Waals surface area contributed by atoms with Crippen molar-refractivity contribution in [3.63, 3.8) is 0 Å². The van der Waals surface area contributed by atoms with E-state index in [0.717, 1.165) is 61.5 Å². The van der Waals surface area contributed by atoms with Crippen molar-refractivity contribution in [2.45, 2.75) is 62.6 Å². The quantitative estimate of drug-likeness (QED) is 0.818. The molecular formula is C23H29N3O3. The Bertz CT molecular complexity index is 934. The SMILES string of the molecule is CO[C@@]12CC[C@@H](NC(=O)C3CC3)C[C@@H]1N(C(=O)Cc1c[nH]c3ccccc13)CC2. The number of carbonyl (C=O) groups is 2. The lowest BCUT2D eigenvalue weighted by atomic mass is 9.78. The lowest BCUT2D eigenvalue weighted by molar-refractivity contribution is -0.137. The Morgan fingerprint density at radius 1 is 1.24 bits per heavy atom. The molecule has 0 spiro atoms. The minimum Gasteiger partial charge on any atom is -0.376 e. The molecule has 1 aromatic heterocycles. The number of carbonyl (C=O) groups excluding carboxylic acids is 2. The average molecular weight is 396 g/mol. The summed E-state index contributed by atoms with van der Waals surface area (Å²) in [4.78, 5) is 30.8. The predicted molar refractivity (Wildman–Crippen MR) is 110 cm³/mol. The minimum absolute atomic E-state index is 0.0310. The molecule has 2 aromatic rings. The highest BCUT2D eigenvalue weighted by Gasteiger charge is 2.52. The van der Waals surface area contributed by atoms with Crippen molar-refractivity contribution in [1.29, 1.82) is 0 Å². The van der Waals surface area contributed by atoms with Crippen LogP contribution in [0, 0.1) is 5.92 Å². The summed E-state index contributed by atoms with van der Waals surface area (Å²) in [6.07, 6.45) is 7.83. The van der Waals surface area contributed by atoms with E-state index in [-0.39, 0.29) is 35.4 Å². The number of rotatable bonds is 5. The van der Waals surface area contributed by atoms with Crippen LogP contribution in [0.3, 0.4) is 0 Å². The second-order valence-corrected chi connectivity index (χ2v) is 8.91. The Balaban J connectivity index is 1.32. The first-order chi connectivity index (χ1) is 14.1. The summed E-state index contributed by atoms with van der Waals surface area (Å²) in [6, 6.07) is 8.26. The molecule has 29 heavy (non-hydrogen) atoms. The monoisotopic (exact) mass is 395 g/mol. The summed E-state index contributed by atoms with van der Waals surface area (Å²) in [5.74, 6) is 0.551. The zero-order chi connectivity index (χ0) is 20.0. The third kappa shape index (κ3) is 3.33. The van der Waals surface area contributed by atoms with Crippen LogP contribution < -0.4 is 5.32 Å². The van der Waals surface area contributed by atoms with Crippen LogP contribution in [0.2, 0.25) is 0 Å². The van der Waals surface area contributed by atoms with E-state index in [1.54, 1.807) is 7.11 Å².